The molecule has 0 radical (unpaired) electrons. The monoisotopic (exact) mass is 317 g/mol. The Kier molecular flexibility index (Phi) is 4.43. The third-order valence-electron chi connectivity index (χ3n) is 4.74. The molecule has 3 N–H and O–H groups in total. The molecule has 0 amide bonds. The highest BCUT2D eigenvalue weighted by Crippen LogP contribution is 2.39. The predicted molar refractivity (Wildman–Crippen MR) is 87.6 cm³/mol. The first-order valence-electron chi connectivity index (χ1n) is 7.84. The van der Waals surface area contributed by atoms with Gasteiger partial charge in [-0.3, -0.25) is 4.90 Å². The number of rotatable bonds is 3. The Morgan fingerprint density at radius 1 is 1.26 bits per heavy atom. The van der Waals surface area contributed by atoms with E-state index in [9.17, 15) is 15.3 Å². The summed E-state index contributed by atoms with van der Waals surface area (Å²) in [4.78, 5) is 2.25. The number of hydrogen-bond acceptors (Lipinski definition) is 5. The van der Waals surface area contributed by atoms with Gasteiger partial charge in [0.25, 0.3) is 0 Å². The summed E-state index contributed by atoms with van der Waals surface area (Å²) in [6.07, 6.45) is 5.13. The second-order valence-corrected chi connectivity index (χ2v) is 6.26. The molecule has 1 aromatic rings. The van der Waals surface area contributed by atoms with E-state index in [1.54, 1.807) is 25.3 Å². The second-order valence-electron chi connectivity index (χ2n) is 6.26. The molecule has 0 bridgehead atoms. The molecule has 23 heavy (non-hydrogen) atoms. The summed E-state index contributed by atoms with van der Waals surface area (Å²) in [5, 5.41) is 29.5. The Hall–Kier alpha value is -1.82. The highest BCUT2D eigenvalue weighted by Gasteiger charge is 2.28. The van der Waals surface area contributed by atoms with Gasteiger partial charge in [-0.15, -0.1) is 0 Å². The van der Waals surface area contributed by atoms with Gasteiger partial charge in [-0.25, -0.2) is 0 Å². The molecule has 124 valence electrons. The minimum absolute atomic E-state index is 0.119. The van der Waals surface area contributed by atoms with E-state index in [1.807, 2.05) is 12.1 Å². The van der Waals surface area contributed by atoms with Crippen LogP contribution in [0.15, 0.2) is 35.9 Å². The van der Waals surface area contributed by atoms with E-state index in [2.05, 4.69) is 11.9 Å². The van der Waals surface area contributed by atoms with Gasteiger partial charge >= 0.3 is 0 Å². The van der Waals surface area contributed by atoms with E-state index >= 15 is 0 Å². The van der Waals surface area contributed by atoms with Crippen LogP contribution < -0.4 is 4.74 Å². The summed E-state index contributed by atoms with van der Waals surface area (Å²) in [7, 11) is 3.62. The number of phenols is 1. The number of methoxy groups -OCH3 is 1. The molecule has 3 atom stereocenters. The number of ether oxygens (including phenoxy) is 1. The lowest BCUT2D eigenvalue weighted by molar-refractivity contribution is 0.0782. The molecular formula is C18H23NO4. The van der Waals surface area contributed by atoms with Gasteiger partial charge in [0.2, 0.25) is 0 Å². The average Bonchev–Trinajstić information content (AvgIpc) is 2.53. The minimum atomic E-state index is -0.854. The standard InChI is InChI=1S/C18H23NO4/c1-19-6-5-12-9-18(23-2)17(22)10-13(12)14(19)7-11-3-4-15(20)16(21)8-11/h3-4,8-10,14-16,20-22H,5-7H2,1-2H3. The fourth-order valence-corrected chi connectivity index (χ4v) is 3.34. The molecule has 3 rings (SSSR count). The normalized spacial score (nSPS) is 27.5. The molecule has 1 aliphatic heterocycles. The van der Waals surface area contributed by atoms with Crippen LogP contribution in [0.3, 0.4) is 0 Å². The van der Waals surface area contributed by atoms with Gasteiger partial charge in [0.1, 0.15) is 12.2 Å². The number of allylic oxidation sites excluding steroid dienone is 1. The number of hydrogen-bond donors (Lipinski definition) is 3. The number of phenolic OH excluding ortho intramolecular Hbond substituents is 1. The number of aromatic hydroxyl groups is 1. The number of aliphatic hydroxyl groups excluding tert-OH is 2. The Morgan fingerprint density at radius 3 is 2.74 bits per heavy atom. The number of likely N-dealkylation sites (N-methyl/N-ethyl adjacent to an activating group) is 1. The van der Waals surface area contributed by atoms with Crippen molar-refractivity contribution >= 4 is 0 Å². The molecule has 5 heteroatoms. The molecule has 0 spiro atoms. The number of aliphatic hydroxyl groups is 2. The number of benzene rings is 1. The maximum Gasteiger partial charge on any atom is 0.160 e. The van der Waals surface area contributed by atoms with E-state index in [-0.39, 0.29) is 11.8 Å². The molecule has 0 fully saturated rings. The molecule has 1 aromatic carbocycles. The summed E-state index contributed by atoms with van der Waals surface area (Å²) in [6, 6.07) is 3.82. The molecule has 1 heterocycles. The van der Waals surface area contributed by atoms with Crippen molar-refractivity contribution in [2.24, 2.45) is 0 Å². The SMILES string of the molecule is COc1cc2c(cc1O)C(CC1=CC(O)C(O)C=C1)N(C)CC2. The van der Waals surface area contributed by atoms with E-state index in [0.29, 0.717) is 5.75 Å². The largest absolute Gasteiger partial charge is 0.504 e. The third-order valence-corrected chi connectivity index (χ3v) is 4.74. The van der Waals surface area contributed by atoms with Crippen LogP contribution in [0, 0.1) is 0 Å². The van der Waals surface area contributed by atoms with Crippen LogP contribution in [0.4, 0.5) is 0 Å². The van der Waals surface area contributed by atoms with Crippen LogP contribution in [0.2, 0.25) is 0 Å². The lowest BCUT2D eigenvalue weighted by Crippen LogP contribution is -2.33. The van der Waals surface area contributed by atoms with Gasteiger partial charge in [0, 0.05) is 12.6 Å². The highest BCUT2D eigenvalue weighted by molar-refractivity contribution is 5.49. The Morgan fingerprint density at radius 2 is 2.04 bits per heavy atom. The lowest BCUT2D eigenvalue weighted by Gasteiger charge is -2.35. The van der Waals surface area contributed by atoms with Gasteiger partial charge < -0.3 is 20.1 Å². The fourth-order valence-electron chi connectivity index (χ4n) is 3.34. The number of fused-ring (bicyclic) bond motifs is 1. The smallest absolute Gasteiger partial charge is 0.160 e. The summed E-state index contributed by atoms with van der Waals surface area (Å²) in [6.45, 7) is 0.924. The third kappa shape index (κ3) is 3.13. The maximum absolute atomic E-state index is 10.1. The predicted octanol–water partition coefficient (Wildman–Crippen LogP) is 1.54. The van der Waals surface area contributed by atoms with Gasteiger partial charge in [-0.1, -0.05) is 12.2 Å². The summed E-state index contributed by atoms with van der Waals surface area (Å²) in [5.74, 6) is 0.651. The first-order valence-corrected chi connectivity index (χ1v) is 7.84. The zero-order valence-corrected chi connectivity index (χ0v) is 13.4. The highest BCUT2D eigenvalue weighted by atomic mass is 16.5. The van der Waals surface area contributed by atoms with Crippen molar-refractivity contribution < 1.29 is 20.1 Å². The van der Waals surface area contributed by atoms with E-state index < -0.39 is 12.2 Å². The van der Waals surface area contributed by atoms with Crippen molar-refractivity contribution in [2.45, 2.75) is 31.1 Å². The van der Waals surface area contributed by atoms with E-state index in [4.69, 9.17) is 4.74 Å². The molecule has 5 nitrogen and oxygen atoms in total. The Balaban J connectivity index is 1.90. The summed E-state index contributed by atoms with van der Waals surface area (Å²) < 4.78 is 5.20. The first-order chi connectivity index (χ1) is 11.0. The first kappa shape index (κ1) is 16.1. The van der Waals surface area contributed by atoms with Crippen LogP contribution in [0.5, 0.6) is 11.5 Å². The molecule has 2 aliphatic rings. The second kappa shape index (κ2) is 6.35. The molecule has 3 unspecified atom stereocenters. The zero-order chi connectivity index (χ0) is 16.6. The van der Waals surface area contributed by atoms with Gasteiger partial charge in [-0.2, -0.15) is 0 Å². The molecule has 0 aromatic heterocycles. The fraction of sp³-hybridized carbons (Fsp3) is 0.444. The van der Waals surface area contributed by atoms with Crippen molar-refractivity contribution in [3.8, 4) is 11.5 Å². The molecule has 0 saturated heterocycles. The van der Waals surface area contributed by atoms with Crippen molar-refractivity contribution in [3.05, 3.63) is 47.1 Å². The minimum Gasteiger partial charge on any atom is -0.504 e. The van der Waals surface area contributed by atoms with E-state index in [1.165, 1.54) is 5.56 Å². The van der Waals surface area contributed by atoms with Crippen LogP contribution in [-0.4, -0.2) is 53.1 Å². The van der Waals surface area contributed by atoms with Crippen LogP contribution in [0.25, 0.3) is 0 Å². The van der Waals surface area contributed by atoms with E-state index in [0.717, 1.165) is 30.5 Å². The van der Waals surface area contributed by atoms with Crippen molar-refractivity contribution in [1.82, 2.24) is 4.90 Å². The lowest BCUT2D eigenvalue weighted by atomic mass is 9.87. The van der Waals surface area contributed by atoms with Crippen LogP contribution in [-0.2, 0) is 6.42 Å². The van der Waals surface area contributed by atoms with Crippen molar-refractivity contribution in [1.29, 1.82) is 0 Å². The maximum atomic E-state index is 10.1. The molecule has 0 saturated carbocycles. The average molecular weight is 317 g/mol. The van der Waals surface area contributed by atoms with Gasteiger partial charge in [0.05, 0.1) is 7.11 Å². The van der Waals surface area contributed by atoms with Crippen LogP contribution >= 0.6 is 0 Å². The van der Waals surface area contributed by atoms with Crippen LogP contribution in [0.1, 0.15) is 23.6 Å². The summed E-state index contributed by atoms with van der Waals surface area (Å²) >= 11 is 0. The van der Waals surface area contributed by atoms with Gasteiger partial charge in [-0.05, 0) is 54.8 Å². The summed E-state index contributed by atoms with van der Waals surface area (Å²) in [5.41, 5.74) is 3.26. The number of nitrogens with zero attached hydrogens (tertiary/aromatic N) is 1. The Bertz CT molecular complexity index is 653. The van der Waals surface area contributed by atoms with Crippen molar-refractivity contribution in [2.75, 3.05) is 20.7 Å². The molecular weight excluding hydrogens is 294 g/mol. The molecule has 1 aliphatic carbocycles. The Labute approximate surface area is 136 Å². The van der Waals surface area contributed by atoms with Gasteiger partial charge in [0.15, 0.2) is 11.5 Å². The topological polar surface area (TPSA) is 73.2 Å². The zero-order valence-electron chi connectivity index (χ0n) is 13.4. The van der Waals surface area contributed by atoms with Crippen molar-refractivity contribution in [3.63, 3.8) is 0 Å². The quantitative estimate of drug-likeness (QED) is 0.789.